The molecule has 1 amide bonds. The predicted octanol–water partition coefficient (Wildman–Crippen LogP) is 2.59. The Morgan fingerprint density at radius 2 is 2.10 bits per heavy atom. The first-order chi connectivity index (χ1) is 10.1. The van der Waals surface area contributed by atoms with Gasteiger partial charge in [0.15, 0.2) is 0 Å². The molecule has 0 bridgehead atoms. The monoisotopic (exact) mass is 287 g/mol. The summed E-state index contributed by atoms with van der Waals surface area (Å²) in [5, 5.41) is 4.06. The number of H-pyrrole nitrogens is 1. The minimum atomic E-state index is -0.497. The van der Waals surface area contributed by atoms with E-state index in [1.165, 1.54) is 0 Å². The third-order valence-electron chi connectivity index (χ3n) is 3.71. The number of rotatable bonds is 7. The van der Waals surface area contributed by atoms with Crippen LogP contribution in [0, 0.1) is 5.92 Å². The number of nitrogens with two attached hydrogens (primary N) is 1. The fraction of sp³-hybridized carbons (Fsp3) is 0.471. The van der Waals surface area contributed by atoms with Crippen molar-refractivity contribution in [3.05, 3.63) is 36.0 Å². The Kier molecular flexibility index (Phi) is 5.39. The first kappa shape index (κ1) is 15.6. The van der Waals surface area contributed by atoms with Gasteiger partial charge in [0.05, 0.1) is 6.04 Å². The molecule has 0 spiro atoms. The topological polar surface area (TPSA) is 70.9 Å². The molecule has 21 heavy (non-hydrogen) atoms. The number of benzene rings is 1. The Bertz CT molecular complexity index is 588. The standard InChI is InChI=1S/C17H25N3O/c1-12(2)6-5-9-19-17(21)15(18)10-13-11-20-16-8-4-3-7-14(13)16/h3-4,7-8,11-12,15,20H,5-6,9-10,18H2,1-2H3,(H,19,21)/t15-/m0/s1. The van der Waals surface area contributed by atoms with Crippen molar-refractivity contribution in [2.75, 3.05) is 6.54 Å². The van der Waals surface area contributed by atoms with Gasteiger partial charge in [-0.3, -0.25) is 4.79 Å². The van der Waals surface area contributed by atoms with Crippen molar-refractivity contribution in [3.8, 4) is 0 Å². The van der Waals surface area contributed by atoms with E-state index in [2.05, 4.69) is 30.2 Å². The van der Waals surface area contributed by atoms with Crippen LogP contribution in [0.25, 0.3) is 10.9 Å². The Hall–Kier alpha value is -1.81. The smallest absolute Gasteiger partial charge is 0.237 e. The largest absolute Gasteiger partial charge is 0.361 e. The number of para-hydroxylation sites is 1. The molecule has 4 N–H and O–H groups in total. The summed E-state index contributed by atoms with van der Waals surface area (Å²) >= 11 is 0. The third-order valence-corrected chi connectivity index (χ3v) is 3.71. The van der Waals surface area contributed by atoms with Crippen LogP contribution in [0.2, 0.25) is 0 Å². The lowest BCUT2D eigenvalue weighted by Gasteiger charge is -2.12. The van der Waals surface area contributed by atoms with Crippen molar-refractivity contribution < 1.29 is 4.79 Å². The summed E-state index contributed by atoms with van der Waals surface area (Å²) in [6, 6.07) is 7.56. The van der Waals surface area contributed by atoms with E-state index in [1.807, 2.05) is 24.4 Å². The van der Waals surface area contributed by atoms with Gasteiger partial charge in [-0.2, -0.15) is 0 Å². The number of hydrogen-bond donors (Lipinski definition) is 3. The Morgan fingerprint density at radius 1 is 1.33 bits per heavy atom. The van der Waals surface area contributed by atoms with E-state index >= 15 is 0 Å². The highest BCUT2D eigenvalue weighted by Crippen LogP contribution is 2.18. The van der Waals surface area contributed by atoms with Crippen molar-refractivity contribution >= 4 is 16.8 Å². The average Bonchev–Trinajstić information content (AvgIpc) is 2.86. The molecule has 0 unspecified atom stereocenters. The van der Waals surface area contributed by atoms with Gasteiger partial charge in [0.1, 0.15) is 0 Å². The van der Waals surface area contributed by atoms with E-state index in [0.29, 0.717) is 18.9 Å². The van der Waals surface area contributed by atoms with Crippen LogP contribution in [0.15, 0.2) is 30.5 Å². The number of carbonyl (C=O) groups excluding carboxylic acids is 1. The number of aromatic amines is 1. The van der Waals surface area contributed by atoms with E-state index in [0.717, 1.165) is 29.3 Å². The number of carbonyl (C=O) groups is 1. The molecule has 2 rings (SSSR count). The second-order valence-corrected chi connectivity index (χ2v) is 6.00. The maximum Gasteiger partial charge on any atom is 0.237 e. The molecule has 4 nitrogen and oxygen atoms in total. The van der Waals surface area contributed by atoms with Gasteiger partial charge in [-0.15, -0.1) is 0 Å². The van der Waals surface area contributed by atoms with Crippen LogP contribution >= 0.6 is 0 Å². The Morgan fingerprint density at radius 3 is 2.86 bits per heavy atom. The van der Waals surface area contributed by atoms with Gasteiger partial charge in [-0.1, -0.05) is 32.0 Å². The number of amides is 1. The quantitative estimate of drug-likeness (QED) is 0.685. The summed E-state index contributed by atoms with van der Waals surface area (Å²) in [5.74, 6) is 0.603. The molecule has 0 saturated carbocycles. The van der Waals surface area contributed by atoms with Gasteiger partial charge in [-0.05, 0) is 36.8 Å². The highest BCUT2D eigenvalue weighted by atomic mass is 16.2. The zero-order valence-electron chi connectivity index (χ0n) is 12.9. The summed E-state index contributed by atoms with van der Waals surface area (Å²) in [4.78, 5) is 15.2. The van der Waals surface area contributed by atoms with Crippen LogP contribution in [0.4, 0.5) is 0 Å². The zero-order chi connectivity index (χ0) is 15.2. The second kappa shape index (κ2) is 7.27. The number of fused-ring (bicyclic) bond motifs is 1. The van der Waals surface area contributed by atoms with Crippen molar-refractivity contribution in [1.29, 1.82) is 0 Å². The number of aromatic nitrogens is 1. The van der Waals surface area contributed by atoms with Crippen molar-refractivity contribution in [2.24, 2.45) is 11.7 Å². The van der Waals surface area contributed by atoms with Crippen molar-refractivity contribution in [1.82, 2.24) is 10.3 Å². The molecule has 114 valence electrons. The van der Waals surface area contributed by atoms with Crippen LogP contribution in [0.5, 0.6) is 0 Å². The molecular formula is C17H25N3O. The van der Waals surface area contributed by atoms with E-state index in [9.17, 15) is 4.79 Å². The van der Waals surface area contributed by atoms with Crippen molar-refractivity contribution in [2.45, 2.75) is 39.2 Å². The first-order valence-corrected chi connectivity index (χ1v) is 7.66. The molecule has 1 heterocycles. The zero-order valence-corrected chi connectivity index (χ0v) is 12.9. The van der Waals surface area contributed by atoms with Crippen LogP contribution in [-0.4, -0.2) is 23.5 Å². The molecule has 0 fully saturated rings. The first-order valence-electron chi connectivity index (χ1n) is 7.66. The average molecular weight is 287 g/mol. The molecule has 1 atom stereocenters. The van der Waals surface area contributed by atoms with E-state index in [4.69, 9.17) is 5.73 Å². The van der Waals surface area contributed by atoms with Crippen molar-refractivity contribution in [3.63, 3.8) is 0 Å². The summed E-state index contributed by atoms with van der Waals surface area (Å²) in [5.41, 5.74) is 8.19. The minimum Gasteiger partial charge on any atom is -0.361 e. The lowest BCUT2D eigenvalue weighted by atomic mass is 10.0. The second-order valence-electron chi connectivity index (χ2n) is 6.00. The Balaban J connectivity index is 1.86. The lowest BCUT2D eigenvalue weighted by molar-refractivity contribution is -0.122. The molecule has 0 aliphatic carbocycles. The molecule has 0 saturated heterocycles. The fourth-order valence-electron chi connectivity index (χ4n) is 2.48. The maximum absolute atomic E-state index is 12.0. The molecule has 0 aliphatic heterocycles. The molecule has 0 aliphatic rings. The van der Waals surface area contributed by atoms with Gasteiger partial charge < -0.3 is 16.0 Å². The molecular weight excluding hydrogens is 262 g/mol. The van der Waals surface area contributed by atoms with Gasteiger partial charge >= 0.3 is 0 Å². The lowest BCUT2D eigenvalue weighted by Crippen LogP contribution is -2.42. The molecule has 1 aromatic heterocycles. The van der Waals surface area contributed by atoms with Gasteiger partial charge in [0, 0.05) is 23.6 Å². The van der Waals surface area contributed by atoms with Crippen LogP contribution < -0.4 is 11.1 Å². The SMILES string of the molecule is CC(C)CCCNC(=O)[C@@H](N)Cc1c[nH]c2ccccc12. The van der Waals surface area contributed by atoms with Gasteiger partial charge in [0.25, 0.3) is 0 Å². The van der Waals surface area contributed by atoms with Crippen LogP contribution in [0.1, 0.15) is 32.3 Å². The van der Waals surface area contributed by atoms with Gasteiger partial charge in [0.2, 0.25) is 5.91 Å². The summed E-state index contributed by atoms with van der Waals surface area (Å²) in [6.45, 7) is 5.08. The van der Waals surface area contributed by atoms with Gasteiger partial charge in [-0.25, -0.2) is 0 Å². The Labute approximate surface area is 126 Å². The summed E-state index contributed by atoms with van der Waals surface area (Å²) in [6.07, 6.45) is 4.62. The summed E-state index contributed by atoms with van der Waals surface area (Å²) in [7, 11) is 0. The van der Waals surface area contributed by atoms with Crippen LogP contribution in [0.3, 0.4) is 0 Å². The van der Waals surface area contributed by atoms with E-state index < -0.39 is 6.04 Å². The number of nitrogens with one attached hydrogen (secondary N) is 2. The highest BCUT2D eigenvalue weighted by molar-refractivity contribution is 5.86. The predicted molar refractivity (Wildman–Crippen MR) is 87.1 cm³/mol. The van der Waals surface area contributed by atoms with E-state index in [-0.39, 0.29) is 5.91 Å². The summed E-state index contributed by atoms with van der Waals surface area (Å²) < 4.78 is 0. The molecule has 4 heteroatoms. The third kappa shape index (κ3) is 4.33. The molecule has 0 radical (unpaired) electrons. The maximum atomic E-state index is 12.0. The molecule has 1 aromatic carbocycles. The van der Waals surface area contributed by atoms with Crippen LogP contribution in [-0.2, 0) is 11.2 Å². The van der Waals surface area contributed by atoms with E-state index in [1.54, 1.807) is 0 Å². The highest BCUT2D eigenvalue weighted by Gasteiger charge is 2.15. The number of hydrogen-bond acceptors (Lipinski definition) is 2. The normalized spacial score (nSPS) is 12.8. The fourth-order valence-corrected chi connectivity index (χ4v) is 2.48. The molecule has 2 aromatic rings. The minimum absolute atomic E-state index is 0.0657.